The van der Waals surface area contributed by atoms with Gasteiger partial charge in [-0.3, -0.25) is 14.9 Å². The highest BCUT2D eigenvalue weighted by Crippen LogP contribution is 2.25. The summed E-state index contributed by atoms with van der Waals surface area (Å²) in [5, 5.41) is 13.8. The van der Waals surface area contributed by atoms with Gasteiger partial charge in [-0.05, 0) is 18.6 Å². The number of nitro benzene ring substituents is 1. The summed E-state index contributed by atoms with van der Waals surface area (Å²) < 4.78 is 0. The molecule has 2 aromatic carbocycles. The number of hydrogen-bond donors (Lipinski definition) is 1. The molecule has 6 nitrogen and oxygen atoms in total. The number of carbonyl (C=O) groups excluding carboxylic acids is 1. The summed E-state index contributed by atoms with van der Waals surface area (Å²) in [5.74, 6) is -0.339. The first kappa shape index (κ1) is 16.5. The van der Waals surface area contributed by atoms with E-state index in [1.165, 1.54) is 12.1 Å². The molecule has 120 valence electrons. The van der Waals surface area contributed by atoms with Gasteiger partial charge in [-0.15, -0.1) is 0 Å². The summed E-state index contributed by atoms with van der Waals surface area (Å²) in [6, 6.07) is 13.6. The standard InChI is InChI=1S/C17H19N3O3/c1-12(13-7-5-4-6-8-13)18-17(21)15-11-14(20(22)23)9-10-16(15)19(2)3/h4-12H,1-3H3,(H,18,21). The van der Waals surface area contributed by atoms with Gasteiger partial charge >= 0.3 is 0 Å². The van der Waals surface area contributed by atoms with Crippen molar-refractivity contribution in [2.75, 3.05) is 19.0 Å². The van der Waals surface area contributed by atoms with Gasteiger partial charge in [0.05, 0.1) is 16.5 Å². The van der Waals surface area contributed by atoms with Gasteiger partial charge in [-0.25, -0.2) is 0 Å². The van der Waals surface area contributed by atoms with Crippen molar-refractivity contribution in [2.24, 2.45) is 0 Å². The van der Waals surface area contributed by atoms with E-state index in [-0.39, 0.29) is 23.2 Å². The van der Waals surface area contributed by atoms with Crippen LogP contribution in [-0.2, 0) is 0 Å². The van der Waals surface area contributed by atoms with Crippen LogP contribution in [0.1, 0.15) is 28.9 Å². The smallest absolute Gasteiger partial charge is 0.270 e. The molecule has 0 fully saturated rings. The van der Waals surface area contributed by atoms with E-state index in [0.717, 1.165) is 5.56 Å². The minimum Gasteiger partial charge on any atom is -0.377 e. The zero-order valence-electron chi connectivity index (χ0n) is 13.3. The van der Waals surface area contributed by atoms with Gasteiger partial charge in [0.2, 0.25) is 0 Å². The number of rotatable bonds is 5. The largest absolute Gasteiger partial charge is 0.377 e. The molecule has 1 N–H and O–H groups in total. The fraction of sp³-hybridized carbons (Fsp3) is 0.235. The summed E-state index contributed by atoms with van der Waals surface area (Å²) in [5.41, 5.74) is 1.78. The Hall–Kier alpha value is -2.89. The summed E-state index contributed by atoms with van der Waals surface area (Å²) in [7, 11) is 3.58. The molecule has 1 unspecified atom stereocenters. The van der Waals surface area contributed by atoms with Gasteiger partial charge < -0.3 is 10.2 Å². The van der Waals surface area contributed by atoms with Crippen molar-refractivity contribution in [3.05, 3.63) is 69.8 Å². The summed E-state index contributed by atoms with van der Waals surface area (Å²) in [4.78, 5) is 24.8. The molecule has 6 heteroatoms. The van der Waals surface area contributed by atoms with Crippen LogP contribution < -0.4 is 10.2 Å². The molecule has 0 aliphatic rings. The Morgan fingerprint density at radius 3 is 2.39 bits per heavy atom. The number of carbonyl (C=O) groups is 1. The summed E-state index contributed by atoms with van der Waals surface area (Å²) in [6.45, 7) is 1.87. The van der Waals surface area contributed by atoms with Gasteiger partial charge in [0.15, 0.2) is 0 Å². The van der Waals surface area contributed by atoms with E-state index >= 15 is 0 Å². The second kappa shape index (κ2) is 6.91. The number of nitrogens with one attached hydrogen (secondary N) is 1. The van der Waals surface area contributed by atoms with Crippen LogP contribution in [-0.4, -0.2) is 24.9 Å². The zero-order chi connectivity index (χ0) is 17.0. The quantitative estimate of drug-likeness (QED) is 0.679. The maximum atomic E-state index is 12.6. The minimum atomic E-state index is -0.503. The Labute approximate surface area is 134 Å². The van der Waals surface area contributed by atoms with E-state index in [4.69, 9.17) is 0 Å². The lowest BCUT2D eigenvalue weighted by atomic mass is 10.1. The number of non-ortho nitro benzene ring substituents is 1. The molecule has 0 saturated carbocycles. The monoisotopic (exact) mass is 313 g/mol. The van der Waals surface area contributed by atoms with Crippen LogP contribution >= 0.6 is 0 Å². The molecular weight excluding hydrogens is 294 g/mol. The molecule has 2 aromatic rings. The normalized spacial score (nSPS) is 11.6. The molecule has 1 amide bonds. The number of nitrogens with zero attached hydrogens (tertiary/aromatic N) is 2. The minimum absolute atomic E-state index is 0.104. The third-order valence-corrected chi connectivity index (χ3v) is 3.56. The number of benzene rings is 2. The third kappa shape index (κ3) is 3.85. The average Bonchev–Trinajstić information content (AvgIpc) is 2.54. The van der Waals surface area contributed by atoms with Crippen LogP contribution in [0.2, 0.25) is 0 Å². The molecule has 23 heavy (non-hydrogen) atoms. The second-order valence-electron chi connectivity index (χ2n) is 5.46. The molecule has 1 atom stereocenters. The highest BCUT2D eigenvalue weighted by atomic mass is 16.6. The molecule has 0 aliphatic heterocycles. The van der Waals surface area contributed by atoms with Crippen LogP contribution in [0.3, 0.4) is 0 Å². The van der Waals surface area contributed by atoms with Gasteiger partial charge in [0, 0.05) is 31.9 Å². The van der Waals surface area contributed by atoms with E-state index in [9.17, 15) is 14.9 Å². The molecule has 0 aromatic heterocycles. The molecule has 0 saturated heterocycles. The van der Waals surface area contributed by atoms with Crippen molar-refractivity contribution in [1.82, 2.24) is 5.32 Å². The highest BCUT2D eigenvalue weighted by Gasteiger charge is 2.19. The Morgan fingerprint density at radius 2 is 1.83 bits per heavy atom. The maximum absolute atomic E-state index is 12.6. The predicted octanol–water partition coefficient (Wildman–Crippen LogP) is 3.15. The van der Waals surface area contributed by atoms with Crippen molar-refractivity contribution in [3.63, 3.8) is 0 Å². The first-order valence-electron chi connectivity index (χ1n) is 7.21. The van der Waals surface area contributed by atoms with Gasteiger partial charge in [0.1, 0.15) is 0 Å². The Balaban J connectivity index is 2.30. The molecule has 2 rings (SSSR count). The molecule has 0 bridgehead atoms. The lowest BCUT2D eigenvalue weighted by Crippen LogP contribution is -2.28. The van der Waals surface area contributed by atoms with E-state index < -0.39 is 4.92 Å². The van der Waals surface area contributed by atoms with Crippen LogP contribution in [0.4, 0.5) is 11.4 Å². The molecule has 0 radical (unpaired) electrons. The van der Waals surface area contributed by atoms with Gasteiger partial charge in [-0.2, -0.15) is 0 Å². The average molecular weight is 313 g/mol. The van der Waals surface area contributed by atoms with E-state index in [1.807, 2.05) is 37.3 Å². The van der Waals surface area contributed by atoms with Crippen LogP contribution in [0.15, 0.2) is 48.5 Å². The Kier molecular flexibility index (Phi) is 4.95. The summed E-state index contributed by atoms with van der Waals surface area (Å²) >= 11 is 0. The number of amides is 1. The lowest BCUT2D eigenvalue weighted by Gasteiger charge is -2.19. The number of nitro groups is 1. The van der Waals surface area contributed by atoms with E-state index in [1.54, 1.807) is 25.1 Å². The maximum Gasteiger partial charge on any atom is 0.270 e. The SMILES string of the molecule is CC(NC(=O)c1cc([N+](=O)[O-])ccc1N(C)C)c1ccccc1. The zero-order valence-corrected chi connectivity index (χ0v) is 13.3. The summed E-state index contributed by atoms with van der Waals surface area (Å²) in [6.07, 6.45) is 0. The number of hydrogen-bond acceptors (Lipinski definition) is 4. The molecule has 0 spiro atoms. The molecular formula is C17H19N3O3. The van der Waals surface area contributed by atoms with E-state index in [0.29, 0.717) is 5.69 Å². The Morgan fingerprint density at radius 1 is 1.17 bits per heavy atom. The van der Waals surface area contributed by atoms with Gasteiger partial charge in [0.25, 0.3) is 11.6 Å². The lowest BCUT2D eigenvalue weighted by molar-refractivity contribution is -0.384. The molecule has 0 heterocycles. The predicted molar refractivity (Wildman–Crippen MR) is 89.7 cm³/mol. The second-order valence-corrected chi connectivity index (χ2v) is 5.46. The van der Waals surface area contributed by atoms with Crippen LogP contribution in [0.25, 0.3) is 0 Å². The fourth-order valence-corrected chi connectivity index (χ4v) is 2.31. The fourth-order valence-electron chi connectivity index (χ4n) is 2.31. The van der Waals surface area contributed by atoms with E-state index in [2.05, 4.69) is 5.32 Å². The van der Waals surface area contributed by atoms with Crippen molar-refractivity contribution < 1.29 is 9.72 Å². The van der Waals surface area contributed by atoms with Crippen LogP contribution in [0, 0.1) is 10.1 Å². The van der Waals surface area contributed by atoms with Crippen LogP contribution in [0.5, 0.6) is 0 Å². The first-order chi connectivity index (χ1) is 10.9. The van der Waals surface area contributed by atoms with Gasteiger partial charge in [-0.1, -0.05) is 30.3 Å². The number of anilines is 1. The van der Waals surface area contributed by atoms with Crippen molar-refractivity contribution >= 4 is 17.3 Å². The Bertz CT molecular complexity index is 714. The topological polar surface area (TPSA) is 75.5 Å². The van der Waals surface area contributed by atoms with Crippen molar-refractivity contribution in [3.8, 4) is 0 Å². The third-order valence-electron chi connectivity index (χ3n) is 3.56. The molecule has 0 aliphatic carbocycles. The van der Waals surface area contributed by atoms with Crippen molar-refractivity contribution in [1.29, 1.82) is 0 Å². The highest BCUT2D eigenvalue weighted by molar-refractivity contribution is 6.00. The first-order valence-corrected chi connectivity index (χ1v) is 7.21. The van der Waals surface area contributed by atoms with Crippen molar-refractivity contribution in [2.45, 2.75) is 13.0 Å².